The number of aryl methyl sites for hydroxylation is 1. The highest BCUT2D eigenvalue weighted by Crippen LogP contribution is 2.15. The van der Waals surface area contributed by atoms with E-state index in [0.29, 0.717) is 12.5 Å². The average Bonchev–Trinajstić information content (AvgIpc) is 2.29. The predicted molar refractivity (Wildman–Crippen MR) is 68.3 cm³/mol. The van der Waals surface area contributed by atoms with E-state index in [1.807, 2.05) is 20.0 Å². The number of pyridine rings is 1. The minimum absolute atomic E-state index is 0.0158. The van der Waals surface area contributed by atoms with Crippen LogP contribution in [0.25, 0.3) is 0 Å². The fourth-order valence-electron chi connectivity index (χ4n) is 1.64. The van der Waals surface area contributed by atoms with Crippen LogP contribution in [0.3, 0.4) is 0 Å². The summed E-state index contributed by atoms with van der Waals surface area (Å²) in [6.45, 7) is 5.46. The van der Waals surface area contributed by atoms with Crippen LogP contribution in [0.1, 0.15) is 25.1 Å². The molecule has 1 atom stereocenters. The number of nitrogens with zero attached hydrogens (tertiary/aromatic N) is 1. The standard InChI is InChI=1S/C13H22N2O2/c1-5-12-6-11(8-14-3)7-13(15-12)17-10(2)9-16-4/h6-7,10,14H,5,8-9H2,1-4H3. The Morgan fingerprint density at radius 2 is 2.18 bits per heavy atom. The van der Waals surface area contributed by atoms with Crippen molar-refractivity contribution in [3.63, 3.8) is 0 Å². The topological polar surface area (TPSA) is 43.4 Å². The maximum atomic E-state index is 5.72. The monoisotopic (exact) mass is 238 g/mol. The van der Waals surface area contributed by atoms with Crippen molar-refractivity contribution in [1.29, 1.82) is 0 Å². The highest BCUT2D eigenvalue weighted by Gasteiger charge is 2.07. The third-order valence-corrected chi connectivity index (χ3v) is 2.38. The molecule has 0 radical (unpaired) electrons. The van der Waals surface area contributed by atoms with E-state index in [9.17, 15) is 0 Å². The van der Waals surface area contributed by atoms with E-state index in [1.165, 1.54) is 5.56 Å². The van der Waals surface area contributed by atoms with Crippen LogP contribution in [-0.2, 0) is 17.7 Å². The molecule has 0 aliphatic carbocycles. The zero-order valence-corrected chi connectivity index (χ0v) is 11.1. The third kappa shape index (κ3) is 4.71. The first-order valence-electron chi connectivity index (χ1n) is 5.99. The van der Waals surface area contributed by atoms with Gasteiger partial charge in [0, 0.05) is 25.4 Å². The van der Waals surface area contributed by atoms with Crippen molar-refractivity contribution in [3.8, 4) is 5.88 Å². The molecule has 0 bridgehead atoms. The Kier molecular flexibility index (Phi) is 5.94. The van der Waals surface area contributed by atoms with Crippen LogP contribution < -0.4 is 10.1 Å². The molecule has 1 rings (SSSR count). The van der Waals surface area contributed by atoms with Gasteiger partial charge in [0.25, 0.3) is 0 Å². The van der Waals surface area contributed by atoms with Gasteiger partial charge in [-0.2, -0.15) is 0 Å². The van der Waals surface area contributed by atoms with Crippen LogP contribution >= 0.6 is 0 Å². The lowest BCUT2D eigenvalue weighted by Crippen LogP contribution is -2.19. The van der Waals surface area contributed by atoms with Gasteiger partial charge in [-0.3, -0.25) is 0 Å². The molecule has 1 aromatic rings. The number of nitrogens with one attached hydrogen (secondary N) is 1. The van der Waals surface area contributed by atoms with E-state index >= 15 is 0 Å². The summed E-state index contributed by atoms with van der Waals surface area (Å²) in [4.78, 5) is 4.45. The number of hydrogen-bond acceptors (Lipinski definition) is 4. The van der Waals surface area contributed by atoms with Gasteiger partial charge in [0.15, 0.2) is 0 Å². The van der Waals surface area contributed by atoms with Crippen LogP contribution in [0.2, 0.25) is 0 Å². The van der Waals surface area contributed by atoms with Gasteiger partial charge in [-0.05, 0) is 32.0 Å². The number of ether oxygens (including phenoxy) is 2. The van der Waals surface area contributed by atoms with Crippen molar-refractivity contribution in [2.75, 3.05) is 20.8 Å². The van der Waals surface area contributed by atoms with Gasteiger partial charge in [-0.25, -0.2) is 4.98 Å². The molecule has 1 N–H and O–H groups in total. The largest absolute Gasteiger partial charge is 0.472 e. The molecule has 0 saturated heterocycles. The third-order valence-electron chi connectivity index (χ3n) is 2.38. The number of hydrogen-bond donors (Lipinski definition) is 1. The molecule has 0 aliphatic rings. The summed E-state index contributed by atoms with van der Waals surface area (Å²) < 4.78 is 10.8. The molecule has 4 heteroatoms. The molecule has 0 saturated carbocycles. The lowest BCUT2D eigenvalue weighted by atomic mass is 10.2. The lowest BCUT2D eigenvalue weighted by Gasteiger charge is -2.14. The normalized spacial score (nSPS) is 12.5. The second kappa shape index (κ2) is 7.25. The Bertz CT molecular complexity index is 342. The van der Waals surface area contributed by atoms with Crippen LogP contribution in [0.15, 0.2) is 12.1 Å². The van der Waals surface area contributed by atoms with Gasteiger partial charge < -0.3 is 14.8 Å². The van der Waals surface area contributed by atoms with Gasteiger partial charge >= 0.3 is 0 Å². The number of aromatic nitrogens is 1. The van der Waals surface area contributed by atoms with Gasteiger partial charge in [0.1, 0.15) is 6.10 Å². The maximum absolute atomic E-state index is 5.72. The maximum Gasteiger partial charge on any atom is 0.214 e. The first-order chi connectivity index (χ1) is 8.19. The smallest absolute Gasteiger partial charge is 0.214 e. The minimum atomic E-state index is 0.0158. The zero-order chi connectivity index (χ0) is 12.7. The highest BCUT2D eigenvalue weighted by molar-refractivity contribution is 5.25. The Morgan fingerprint density at radius 3 is 2.76 bits per heavy atom. The van der Waals surface area contributed by atoms with E-state index in [0.717, 1.165) is 18.7 Å². The first kappa shape index (κ1) is 13.9. The second-order valence-corrected chi connectivity index (χ2v) is 4.07. The van der Waals surface area contributed by atoms with Crippen molar-refractivity contribution in [2.24, 2.45) is 0 Å². The molecular formula is C13H22N2O2. The molecule has 96 valence electrons. The van der Waals surface area contributed by atoms with Crippen molar-refractivity contribution >= 4 is 0 Å². The Hall–Kier alpha value is -1.13. The van der Waals surface area contributed by atoms with Gasteiger partial charge in [-0.1, -0.05) is 6.92 Å². The fourth-order valence-corrected chi connectivity index (χ4v) is 1.64. The molecule has 4 nitrogen and oxygen atoms in total. The summed E-state index contributed by atoms with van der Waals surface area (Å²) in [7, 11) is 3.60. The Balaban J connectivity index is 2.79. The highest BCUT2D eigenvalue weighted by atomic mass is 16.5. The van der Waals surface area contributed by atoms with Crippen LogP contribution in [-0.4, -0.2) is 31.9 Å². The van der Waals surface area contributed by atoms with Crippen molar-refractivity contribution in [2.45, 2.75) is 32.9 Å². The number of rotatable bonds is 7. The zero-order valence-electron chi connectivity index (χ0n) is 11.1. The molecule has 0 amide bonds. The van der Waals surface area contributed by atoms with Crippen LogP contribution in [0, 0.1) is 0 Å². The van der Waals surface area contributed by atoms with Crippen molar-refractivity contribution in [1.82, 2.24) is 10.3 Å². The van der Waals surface area contributed by atoms with Crippen molar-refractivity contribution in [3.05, 3.63) is 23.4 Å². The van der Waals surface area contributed by atoms with Crippen molar-refractivity contribution < 1.29 is 9.47 Å². The van der Waals surface area contributed by atoms with E-state index in [4.69, 9.17) is 9.47 Å². The summed E-state index contributed by atoms with van der Waals surface area (Å²) in [6, 6.07) is 4.08. The molecule has 1 heterocycles. The fraction of sp³-hybridized carbons (Fsp3) is 0.615. The van der Waals surface area contributed by atoms with Crippen LogP contribution in [0.4, 0.5) is 0 Å². The molecule has 1 unspecified atom stereocenters. The molecule has 17 heavy (non-hydrogen) atoms. The Morgan fingerprint density at radius 1 is 1.41 bits per heavy atom. The Labute approximate surface area is 103 Å². The minimum Gasteiger partial charge on any atom is -0.472 e. The second-order valence-electron chi connectivity index (χ2n) is 4.07. The lowest BCUT2D eigenvalue weighted by molar-refractivity contribution is 0.0888. The van der Waals surface area contributed by atoms with Gasteiger partial charge in [0.05, 0.1) is 6.61 Å². The van der Waals surface area contributed by atoms with E-state index in [2.05, 4.69) is 23.3 Å². The molecule has 0 spiro atoms. The predicted octanol–water partition coefficient (Wildman–Crippen LogP) is 1.78. The summed E-state index contributed by atoms with van der Waals surface area (Å²) in [6.07, 6.45) is 0.925. The average molecular weight is 238 g/mol. The van der Waals surface area contributed by atoms with Crippen LogP contribution in [0.5, 0.6) is 5.88 Å². The van der Waals surface area contributed by atoms with E-state index < -0.39 is 0 Å². The summed E-state index contributed by atoms with van der Waals surface area (Å²) >= 11 is 0. The van der Waals surface area contributed by atoms with E-state index in [-0.39, 0.29) is 6.10 Å². The molecule has 0 aromatic carbocycles. The molecule has 0 aliphatic heterocycles. The summed E-state index contributed by atoms with van der Waals surface area (Å²) in [5, 5.41) is 3.13. The van der Waals surface area contributed by atoms with Gasteiger partial charge in [0.2, 0.25) is 5.88 Å². The quantitative estimate of drug-likeness (QED) is 0.786. The summed E-state index contributed by atoms with van der Waals surface area (Å²) in [5.41, 5.74) is 2.25. The first-order valence-corrected chi connectivity index (χ1v) is 5.99. The molecule has 0 fully saturated rings. The SMILES string of the molecule is CCc1cc(CNC)cc(OC(C)COC)n1. The molecule has 1 aromatic heterocycles. The summed E-state index contributed by atoms with van der Waals surface area (Å²) in [5.74, 6) is 0.680. The molecular weight excluding hydrogens is 216 g/mol. The van der Waals surface area contributed by atoms with E-state index in [1.54, 1.807) is 7.11 Å². The van der Waals surface area contributed by atoms with Gasteiger partial charge in [-0.15, -0.1) is 0 Å². The number of methoxy groups -OCH3 is 1.